The first kappa shape index (κ1) is 18.1. The number of nitrogens with one attached hydrogen (secondary N) is 2. The van der Waals surface area contributed by atoms with Crippen molar-refractivity contribution in [3.63, 3.8) is 0 Å². The van der Waals surface area contributed by atoms with Crippen molar-refractivity contribution >= 4 is 5.96 Å². The highest BCUT2D eigenvalue weighted by Gasteiger charge is 2.22. The topological polar surface area (TPSA) is 54.9 Å². The molecule has 1 aromatic rings. The van der Waals surface area contributed by atoms with Crippen LogP contribution in [-0.2, 0) is 5.41 Å². The highest BCUT2D eigenvalue weighted by Crippen LogP contribution is 2.33. The molecular formula is C17H29N3O2. The largest absolute Gasteiger partial charge is 0.493 e. The summed E-state index contributed by atoms with van der Waals surface area (Å²) in [6, 6.07) is 6.03. The van der Waals surface area contributed by atoms with Gasteiger partial charge < -0.3 is 20.1 Å². The average Bonchev–Trinajstić information content (AvgIpc) is 2.52. The van der Waals surface area contributed by atoms with Gasteiger partial charge in [0.1, 0.15) is 0 Å². The molecule has 0 heterocycles. The quantitative estimate of drug-likeness (QED) is 0.600. The molecule has 5 nitrogen and oxygen atoms in total. The predicted molar refractivity (Wildman–Crippen MR) is 92.2 cm³/mol. The lowest BCUT2D eigenvalue weighted by Gasteiger charge is -2.25. The van der Waals surface area contributed by atoms with Crippen molar-refractivity contribution < 1.29 is 9.47 Å². The Hall–Kier alpha value is -1.91. The molecular weight excluding hydrogens is 278 g/mol. The maximum atomic E-state index is 5.39. The summed E-state index contributed by atoms with van der Waals surface area (Å²) < 4.78 is 10.7. The van der Waals surface area contributed by atoms with Gasteiger partial charge in [-0.05, 0) is 31.5 Å². The second-order valence-corrected chi connectivity index (χ2v) is 5.68. The number of guanidine groups is 1. The second-order valence-electron chi connectivity index (χ2n) is 5.68. The molecule has 5 heteroatoms. The summed E-state index contributed by atoms with van der Waals surface area (Å²) in [5, 5.41) is 6.49. The Labute approximate surface area is 134 Å². The highest BCUT2D eigenvalue weighted by atomic mass is 16.5. The van der Waals surface area contributed by atoms with Crippen LogP contribution in [0, 0.1) is 0 Å². The molecule has 0 bridgehead atoms. The SMILES string of the molecule is CCNC(=NCC(C)(C)c1ccc(OC)c(OC)c1)NCC. The van der Waals surface area contributed by atoms with E-state index < -0.39 is 0 Å². The van der Waals surface area contributed by atoms with E-state index in [1.54, 1.807) is 14.2 Å². The minimum atomic E-state index is -0.102. The molecule has 124 valence electrons. The number of benzene rings is 1. The predicted octanol–water partition coefficient (Wildman–Crippen LogP) is 2.56. The van der Waals surface area contributed by atoms with Gasteiger partial charge in [0.25, 0.3) is 0 Å². The zero-order valence-electron chi connectivity index (χ0n) is 14.6. The van der Waals surface area contributed by atoms with Crippen molar-refractivity contribution in [2.45, 2.75) is 33.1 Å². The third-order valence-electron chi connectivity index (χ3n) is 3.49. The molecule has 1 aromatic carbocycles. The standard InChI is InChI=1S/C17H29N3O2/c1-7-18-16(19-8-2)20-12-17(3,4)13-9-10-14(21-5)15(11-13)22-6/h9-11H,7-8,12H2,1-6H3,(H2,18,19,20). The van der Waals surface area contributed by atoms with E-state index in [0.29, 0.717) is 6.54 Å². The summed E-state index contributed by atoms with van der Waals surface area (Å²) in [5.41, 5.74) is 1.07. The first-order valence-corrected chi connectivity index (χ1v) is 7.73. The summed E-state index contributed by atoms with van der Waals surface area (Å²) in [4.78, 5) is 4.67. The Balaban J connectivity index is 2.95. The van der Waals surface area contributed by atoms with Gasteiger partial charge >= 0.3 is 0 Å². The van der Waals surface area contributed by atoms with Crippen LogP contribution in [0.25, 0.3) is 0 Å². The Morgan fingerprint density at radius 2 is 1.64 bits per heavy atom. The lowest BCUT2D eigenvalue weighted by atomic mass is 9.84. The maximum absolute atomic E-state index is 5.39. The van der Waals surface area contributed by atoms with Gasteiger partial charge in [-0.25, -0.2) is 0 Å². The molecule has 0 saturated carbocycles. The van der Waals surface area contributed by atoms with Crippen molar-refractivity contribution in [2.24, 2.45) is 4.99 Å². The number of aliphatic imine (C=N–C) groups is 1. The molecule has 0 spiro atoms. The van der Waals surface area contributed by atoms with Crippen molar-refractivity contribution in [2.75, 3.05) is 33.9 Å². The number of rotatable bonds is 7. The molecule has 0 atom stereocenters. The van der Waals surface area contributed by atoms with E-state index in [1.165, 1.54) is 5.56 Å². The summed E-state index contributed by atoms with van der Waals surface area (Å²) in [5.74, 6) is 2.33. The molecule has 0 saturated heterocycles. The summed E-state index contributed by atoms with van der Waals surface area (Å²) in [6.07, 6.45) is 0. The van der Waals surface area contributed by atoms with Gasteiger partial charge in [0.15, 0.2) is 17.5 Å². The van der Waals surface area contributed by atoms with E-state index in [2.05, 4.69) is 49.4 Å². The van der Waals surface area contributed by atoms with Gasteiger partial charge in [-0.1, -0.05) is 19.9 Å². The lowest BCUT2D eigenvalue weighted by molar-refractivity contribution is 0.353. The molecule has 22 heavy (non-hydrogen) atoms. The van der Waals surface area contributed by atoms with Crippen LogP contribution in [0.1, 0.15) is 33.3 Å². The zero-order valence-corrected chi connectivity index (χ0v) is 14.6. The number of methoxy groups -OCH3 is 2. The van der Waals surface area contributed by atoms with Crippen molar-refractivity contribution in [3.05, 3.63) is 23.8 Å². The normalized spacial score (nSPS) is 10.8. The smallest absolute Gasteiger partial charge is 0.191 e. The molecule has 0 aliphatic heterocycles. The minimum Gasteiger partial charge on any atom is -0.493 e. The molecule has 0 amide bonds. The summed E-state index contributed by atoms with van der Waals surface area (Å²) >= 11 is 0. The van der Waals surface area contributed by atoms with Crippen LogP contribution >= 0.6 is 0 Å². The van der Waals surface area contributed by atoms with Gasteiger partial charge in [0.2, 0.25) is 0 Å². The van der Waals surface area contributed by atoms with Gasteiger partial charge in [0, 0.05) is 18.5 Å². The molecule has 1 rings (SSSR count). The van der Waals surface area contributed by atoms with Crippen molar-refractivity contribution in [3.8, 4) is 11.5 Å². The number of hydrogen-bond acceptors (Lipinski definition) is 3. The van der Waals surface area contributed by atoms with Gasteiger partial charge in [-0.3, -0.25) is 4.99 Å². The summed E-state index contributed by atoms with van der Waals surface area (Å²) in [7, 11) is 3.30. The molecule has 0 radical (unpaired) electrons. The fourth-order valence-corrected chi connectivity index (χ4v) is 2.13. The highest BCUT2D eigenvalue weighted by molar-refractivity contribution is 5.79. The molecule has 0 fully saturated rings. The third kappa shape index (κ3) is 4.83. The fourth-order valence-electron chi connectivity index (χ4n) is 2.13. The molecule has 0 aromatic heterocycles. The van der Waals surface area contributed by atoms with Crippen molar-refractivity contribution in [1.82, 2.24) is 10.6 Å². The lowest BCUT2D eigenvalue weighted by Crippen LogP contribution is -2.38. The maximum Gasteiger partial charge on any atom is 0.191 e. The Bertz CT molecular complexity index is 491. The third-order valence-corrected chi connectivity index (χ3v) is 3.49. The first-order chi connectivity index (χ1) is 10.5. The molecule has 2 N–H and O–H groups in total. The van der Waals surface area contributed by atoms with E-state index in [0.717, 1.165) is 30.5 Å². The van der Waals surface area contributed by atoms with Gasteiger partial charge in [-0.2, -0.15) is 0 Å². The van der Waals surface area contributed by atoms with Crippen LogP contribution in [-0.4, -0.2) is 39.8 Å². The average molecular weight is 307 g/mol. The first-order valence-electron chi connectivity index (χ1n) is 7.73. The zero-order chi connectivity index (χ0) is 16.6. The van der Waals surface area contributed by atoms with E-state index in [9.17, 15) is 0 Å². The van der Waals surface area contributed by atoms with Crippen LogP contribution in [0.5, 0.6) is 11.5 Å². The van der Waals surface area contributed by atoms with E-state index in [4.69, 9.17) is 9.47 Å². The Morgan fingerprint density at radius 3 is 2.14 bits per heavy atom. The summed E-state index contributed by atoms with van der Waals surface area (Å²) in [6.45, 7) is 10.8. The van der Waals surface area contributed by atoms with Gasteiger partial charge in [0.05, 0.1) is 20.8 Å². The molecule has 0 unspecified atom stereocenters. The number of nitrogens with zero attached hydrogens (tertiary/aromatic N) is 1. The Kier molecular flexibility index (Phi) is 7.02. The van der Waals surface area contributed by atoms with Gasteiger partial charge in [-0.15, -0.1) is 0 Å². The monoisotopic (exact) mass is 307 g/mol. The van der Waals surface area contributed by atoms with Crippen LogP contribution < -0.4 is 20.1 Å². The Morgan fingerprint density at radius 1 is 1.05 bits per heavy atom. The van der Waals surface area contributed by atoms with E-state index in [-0.39, 0.29) is 5.41 Å². The fraction of sp³-hybridized carbons (Fsp3) is 0.588. The van der Waals surface area contributed by atoms with E-state index >= 15 is 0 Å². The number of ether oxygens (including phenoxy) is 2. The van der Waals surface area contributed by atoms with Crippen LogP contribution in [0.2, 0.25) is 0 Å². The van der Waals surface area contributed by atoms with Crippen molar-refractivity contribution in [1.29, 1.82) is 0 Å². The molecule has 0 aliphatic carbocycles. The van der Waals surface area contributed by atoms with Crippen LogP contribution in [0.4, 0.5) is 0 Å². The van der Waals surface area contributed by atoms with E-state index in [1.807, 2.05) is 12.1 Å². The second kappa shape index (κ2) is 8.51. The van der Waals surface area contributed by atoms with Crippen LogP contribution in [0.15, 0.2) is 23.2 Å². The molecule has 0 aliphatic rings. The minimum absolute atomic E-state index is 0.102. The number of hydrogen-bond donors (Lipinski definition) is 2. The van der Waals surface area contributed by atoms with Crippen LogP contribution in [0.3, 0.4) is 0 Å².